The first-order valence-electron chi connectivity index (χ1n) is 6.69. The van der Waals surface area contributed by atoms with Gasteiger partial charge in [-0.15, -0.1) is 0 Å². The van der Waals surface area contributed by atoms with Gasteiger partial charge in [0, 0.05) is 32.8 Å². The molecule has 4 heteroatoms. The number of nitrogens with one attached hydrogen (secondary N) is 1. The van der Waals surface area contributed by atoms with Crippen molar-refractivity contribution < 1.29 is 9.53 Å². The van der Waals surface area contributed by atoms with Crippen molar-refractivity contribution in [2.45, 2.75) is 51.6 Å². The van der Waals surface area contributed by atoms with Crippen LogP contribution in [0.1, 0.15) is 39.5 Å². The number of ether oxygens (including phenoxy) is 1. The minimum Gasteiger partial charge on any atom is -0.385 e. The Hall–Kier alpha value is -0.610. The molecule has 17 heavy (non-hydrogen) atoms. The molecule has 1 saturated heterocycles. The SMILES string of the molecule is COCCCCCN1CCC(NC(C)C)C1=O. The molecule has 1 aliphatic rings. The number of carbonyl (C=O) groups excluding carboxylic acids is 1. The highest BCUT2D eigenvalue weighted by Crippen LogP contribution is 2.13. The maximum Gasteiger partial charge on any atom is 0.239 e. The largest absolute Gasteiger partial charge is 0.385 e. The normalized spacial score (nSPS) is 20.6. The van der Waals surface area contributed by atoms with Crippen LogP contribution in [0.15, 0.2) is 0 Å². The van der Waals surface area contributed by atoms with Gasteiger partial charge in [-0.1, -0.05) is 13.8 Å². The Morgan fingerprint density at radius 3 is 2.82 bits per heavy atom. The van der Waals surface area contributed by atoms with E-state index < -0.39 is 0 Å². The highest BCUT2D eigenvalue weighted by Gasteiger charge is 2.30. The van der Waals surface area contributed by atoms with E-state index >= 15 is 0 Å². The lowest BCUT2D eigenvalue weighted by Gasteiger charge is -2.18. The molecule has 1 rings (SSSR count). The van der Waals surface area contributed by atoms with Crippen LogP contribution in [0, 0.1) is 0 Å². The molecule has 0 aliphatic carbocycles. The van der Waals surface area contributed by atoms with Crippen molar-refractivity contribution in [3.8, 4) is 0 Å². The van der Waals surface area contributed by atoms with Crippen LogP contribution in [0.5, 0.6) is 0 Å². The summed E-state index contributed by atoms with van der Waals surface area (Å²) in [5.74, 6) is 0.283. The third kappa shape index (κ3) is 5.04. The highest BCUT2D eigenvalue weighted by atomic mass is 16.5. The number of hydrogen-bond acceptors (Lipinski definition) is 3. The molecule has 0 radical (unpaired) electrons. The van der Waals surface area contributed by atoms with Gasteiger partial charge in [-0.25, -0.2) is 0 Å². The minimum atomic E-state index is 0.0500. The van der Waals surface area contributed by atoms with Crippen LogP contribution in [-0.4, -0.2) is 49.7 Å². The van der Waals surface area contributed by atoms with Crippen LogP contribution < -0.4 is 5.32 Å². The zero-order valence-corrected chi connectivity index (χ0v) is 11.4. The van der Waals surface area contributed by atoms with Gasteiger partial charge in [0.25, 0.3) is 0 Å². The predicted octanol–water partition coefficient (Wildman–Crippen LogP) is 1.40. The Kier molecular flexibility index (Phi) is 6.52. The van der Waals surface area contributed by atoms with Crippen molar-refractivity contribution in [3.63, 3.8) is 0 Å². The maximum atomic E-state index is 12.0. The molecule has 1 heterocycles. The highest BCUT2D eigenvalue weighted by molar-refractivity contribution is 5.83. The first kappa shape index (κ1) is 14.5. The summed E-state index contributed by atoms with van der Waals surface area (Å²) in [6.45, 7) is 6.80. The van der Waals surface area contributed by atoms with Crippen molar-refractivity contribution in [3.05, 3.63) is 0 Å². The fraction of sp³-hybridized carbons (Fsp3) is 0.923. The van der Waals surface area contributed by atoms with E-state index in [1.54, 1.807) is 7.11 Å². The van der Waals surface area contributed by atoms with Gasteiger partial charge < -0.3 is 15.0 Å². The lowest BCUT2D eigenvalue weighted by atomic mass is 10.2. The quantitative estimate of drug-likeness (QED) is 0.654. The fourth-order valence-corrected chi connectivity index (χ4v) is 2.24. The maximum absolute atomic E-state index is 12.0. The molecule has 1 atom stereocenters. The number of amides is 1. The fourth-order valence-electron chi connectivity index (χ4n) is 2.24. The second-order valence-electron chi connectivity index (χ2n) is 5.04. The number of carbonyl (C=O) groups is 1. The summed E-state index contributed by atoms with van der Waals surface area (Å²) in [6.07, 6.45) is 4.27. The van der Waals surface area contributed by atoms with Crippen LogP contribution in [0.2, 0.25) is 0 Å². The Morgan fingerprint density at radius 1 is 1.41 bits per heavy atom. The molecule has 0 spiro atoms. The summed E-state index contributed by atoms with van der Waals surface area (Å²) in [5, 5.41) is 3.32. The van der Waals surface area contributed by atoms with Crippen molar-refractivity contribution in [1.82, 2.24) is 10.2 Å². The summed E-state index contributed by atoms with van der Waals surface area (Å²) >= 11 is 0. The molecule has 1 unspecified atom stereocenters. The molecule has 1 aliphatic heterocycles. The average molecular weight is 242 g/mol. The van der Waals surface area contributed by atoms with Gasteiger partial charge in [-0.05, 0) is 25.7 Å². The number of unbranched alkanes of at least 4 members (excludes halogenated alkanes) is 2. The van der Waals surface area contributed by atoms with E-state index in [0.717, 1.165) is 45.4 Å². The smallest absolute Gasteiger partial charge is 0.239 e. The molecule has 0 aromatic heterocycles. The molecule has 0 aromatic carbocycles. The third-order valence-corrected chi connectivity index (χ3v) is 3.11. The summed E-state index contributed by atoms with van der Waals surface area (Å²) in [4.78, 5) is 14.0. The van der Waals surface area contributed by atoms with Gasteiger partial charge in [0.1, 0.15) is 0 Å². The van der Waals surface area contributed by atoms with Crippen LogP contribution in [0.3, 0.4) is 0 Å². The minimum absolute atomic E-state index is 0.0500. The summed E-state index contributed by atoms with van der Waals surface area (Å²) < 4.78 is 5.01. The first-order chi connectivity index (χ1) is 8.15. The molecule has 1 fully saturated rings. The van der Waals surface area contributed by atoms with Crippen LogP contribution in [-0.2, 0) is 9.53 Å². The third-order valence-electron chi connectivity index (χ3n) is 3.11. The van der Waals surface area contributed by atoms with Gasteiger partial charge in [0.2, 0.25) is 5.91 Å². The van der Waals surface area contributed by atoms with E-state index in [9.17, 15) is 4.79 Å². The molecular formula is C13H26N2O2. The van der Waals surface area contributed by atoms with E-state index in [0.29, 0.717) is 6.04 Å². The molecule has 0 aromatic rings. The number of likely N-dealkylation sites (tertiary alicyclic amines) is 1. The van der Waals surface area contributed by atoms with E-state index in [-0.39, 0.29) is 11.9 Å². The van der Waals surface area contributed by atoms with E-state index in [1.807, 2.05) is 4.90 Å². The monoisotopic (exact) mass is 242 g/mol. The van der Waals surface area contributed by atoms with E-state index in [1.165, 1.54) is 0 Å². The number of hydrogen-bond donors (Lipinski definition) is 1. The topological polar surface area (TPSA) is 41.6 Å². The second kappa shape index (κ2) is 7.67. The second-order valence-corrected chi connectivity index (χ2v) is 5.04. The van der Waals surface area contributed by atoms with E-state index in [2.05, 4.69) is 19.2 Å². The van der Waals surface area contributed by atoms with Crippen LogP contribution in [0.4, 0.5) is 0 Å². The average Bonchev–Trinajstić information content (AvgIpc) is 2.60. The van der Waals surface area contributed by atoms with Crippen molar-refractivity contribution in [2.75, 3.05) is 26.8 Å². The molecular weight excluding hydrogens is 216 g/mol. The summed E-state index contributed by atoms with van der Waals surface area (Å²) in [7, 11) is 1.73. The van der Waals surface area contributed by atoms with Crippen molar-refractivity contribution in [1.29, 1.82) is 0 Å². The van der Waals surface area contributed by atoms with Crippen molar-refractivity contribution >= 4 is 5.91 Å². The zero-order valence-electron chi connectivity index (χ0n) is 11.4. The summed E-state index contributed by atoms with van der Waals surface area (Å²) in [5.41, 5.74) is 0. The van der Waals surface area contributed by atoms with Gasteiger partial charge >= 0.3 is 0 Å². The first-order valence-corrected chi connectivity index (χ1v) is 6.69. The van der Waals surface area contributed by atoms with Crippen LogP contribution >= 0.6 is 0 Å². The Labute approximate surface area is 105 Å². The van der Waals surface area contributed by atoms with Gasteiger partial charge in [0.15, 0.2) is 0 Å². The number of rotatable bonds is 8. The molecule has 4 nitrogen and oxygen atoms in total. The number of methoxy groups -OCH3 is 1. The van der Waals surface area contributed by atoms with Gasteiger partial charge in [-0.3, -0.25) is 4.79 Å². The standard InChI is InChI=1S/C13H26N2O2/c1-11(2)14-12-7-9-15(13(12)16)8-5-4-6-10-17-3/h11-12,14H,4-10H2,1-3H3. The molecule has 0 saturated carbocycles. The molecule has 100 valence electrons. The van der Waals surface area contributed by atoms with Crippen molar-refractivity contribution in [2.24, 2.45) is 0 Å². The molecule has 1 N–H and O–H groups in total. The van der Waals surface area contributed by atoms with Gasteiger partial charge in [0.05, 0.1) is 6.04 Å². The predicted molar refractivity (Wildman–Crippen MR) is 69.0 cm³/mol. The Morgan fingerprint density at radius 2 is 2.18 bits per heavy atom. The number of nitrogens with zero attached hydrogens (tertiary/aromatic N) is 1. The Balaban J connectivity index is 2.16. The molecule has 0 bridgehead atoms. The Bertz CT molecular complexity index is 231. The van der Waals surface area contributed by atoms with Crippen LogP contribution in [0.25, 0.3) is 0 Å². The zero-order chi connectivity index (χ0) is 12.7. The summed E-state index contributed by atoms with van der Waals surface area (Å²) in [6, 6.07) is 0.430. The molecule has 1 amide bonds. The lowest BCUT2D eigenvalue weighted by molar-refractivity contribution is -0.129. The lowest BCUT2D eigenvalue weighted by Crippen LogP contribution is -2.41. The van der Waals surface area contributed by atoms with Gasteiger partial charge in [-0.2, -0.15) is 0 Å². The van der Waals surface area contributed by atoms with E-state index in [4.69, 9.17) is 4.74 Å².